The van der Waals surface area contributed by atoms with Gasteiger partial charge in [-0.2, -0.15) is 0 Å². The van der Waals surface area contributed by atoms with Crippen molar-refractivity contribution < 1.29 is 18.8 Å². The van der Waals surface area contributed by atoms with Gasteiger partial charge in [0.25, 0.3) is 5.91 Å². The lowest BCUT2D eigenvalue weighted by Crippen LogP contribution is -2.51. The summed E-state index contributed by atoms with van der Waals surface area (Å²) in [5.41, 5.74) is 3.76. The Morgan fingerprint density at radius 1 is 1.06 bits per heavy atom. The third kappa shape index (κ3) is 4.08. The van der Waals surface area contributed by atoms with Gasteiger partial charge in [-0.25, -0.2) is 4.39 Å². The average Bonchev–Trinajstić information content (AvgIpc) is 3.31. The van der Waals surface area contributed by atoms with Crippen molar-refractivity contribution in [2.75, 3.05) is 28.6 Å². The summed E-state index contributed by atoms with van der Waals surface area (Å²) in [6.07, 6.45) is 0.683. The minimum absolute atomic E-state index is 0.105. The van der Waals surface area contributed by atoms with Crippen molar-refractivity contribution in [3.8, 4) is 0 Å². The summed E-state index contributed by atoms with van der Waals surface area (Å²) in [6, 6.07) is 21.0. The van der Waals surface area contributed by atoms with Gasteiger partial charge in [0.05, 0.1) is 11.4 Å². The van der Waals surface area contributed by atoms with Crippen molar-refractivity contribution in [2.45, 2.75) is 18.2 Å². The van der Waals surface area contributed by atoms with Crippen LogP contribution in [0.2, 0.25) is 0 Å². The molecule has 0 radical (unpaired) electrons. The highest BCUT2D eigenvalue weighted by Crippen LogP contribution is 2.55. The van der Waals surface area contributed by atoms with E-state index in [0.717, 1.165) is 11.1 Å². The number of aryl methyl sites for hydroxylation is 1. The molecule has 1 unspecified atom stereocenters. The fourth-order valence-corrected chi connectivity index (χ4v) is 6.00. The highest BCUT2D eigenvalue weighted by Gasteiger charge is 2.61. The van der Waals surface area contributed by atoms with Crippen LogP contribution in [0.5, 0.6) is 0 Å². The van der Waals surface area contributed by atoms with Gasteiger partial charge >= 0.3 is 0 Å². The number of hydrogen-bond acceptors (Lipinski definition) is 4. The van der Waals surface area contributed by atoms with Crippen molar-refractivity contribution >= 4 is 40.9 Å². The molecule has 178 valence electrons. The number of halogens is 1. The van der Waals surface area contributed by atoms with Crippen LogP contribution in [0.25, 0.3) is 0 Å². The predicted molar refractivity (Wildman–Crippen MR) is 135 cm³/mol. The zero-order valence-electron chi connectivity index (χ0n) is 19.2. The van der Waals surface area contributed by atoms with Crippen molar-refractivity contribution in [2.24, 2.45) is 0 Å². The molecule has 6 nitrogen and oxygen atoms in total. The number of carbonyl (C=O) groups excluding carboxylic acids is 3. The number of thioether (sulfide) groups is 1. The Morgan fingerprint density at radius 2 is 1.80 bits per heavy atom. The summed E-state index contributed by atoms with van der Waals surface area (Å²) in [6.45, 7) is 2.21. The molecule has 2 aliphatic heterocycles. The second-order valence-corrected chi connectivity index (χ2v) is 9.80. The zero-order chi connectivity index (χ0) is 24.6. The Balaban J connectivity index is 1.43. The number of benzene rings is 3. The smallest absolute Gasteiger partial charge is 0.269 e. The summed E-state index contributed by atoms with van der Waals surface area (Å²) in [4.78, 5) is 41.4. The number of carbonyl (C=O) groups is 3. The Kier molecular flexibility index (Phi) is 6.06. The van der Waals surface area contributed by atoms with E-state index >= 15 is 0 Å². The molecular weight excluding hydrogens is 465 g/mol. The molecule has 0 aromatic heterocycles. The third-order valence-electron chi connectivity index (χ3n) is 6.28. The first-order chi connectivity index (χ1) is 16.9. The van der Waals surface area contributed by atoms with E-state index in [4.69, 9.17) is 0 Å². The minimum atomic E-state index is -1.33. The topological polar surface area (TPSA) is 69.7 Å². The van der Waals surface area contributed by atoms with E-state index in [2.05, 4.69) is 5.32 Å². The van der Waals surface area contributed by atoms with Crippen LogP contribution >= 0.6 is 11.8 Å². The standard InChI is InChI=1S/C27H24FN3O3S/c1-18-7-12-23-22(15-18)27(31(25(33)17-35-27)21-10-8-20(28)9-11-21)26(34)30(23)16-24(32)29-14-13-19-5-3-2-4-6-19/h2-12,15H,13-14,16-17H2,1H3,(H,29,32). The van der Waals surface area contributed by atoms with E-state index in [1.54, 1.807) is 0 Å². The van der Waals surface area contributed by atoms with E-state index < -0.39 is 10.7 Å². The quantitative estimate of drug-likeness (QED) is 0.572. The van der Waals surface area contributed by atoms with Crippen LogP contribution in [0.4, 0.5) is 15.8 Å². The maximum Gasteiger partial charge on any atom is 0.269 e. The lowest BCUT2D eigenvalue weighted by Gasteiger charge is -2.33. The van der Waals surface area contributed by atoms with E-state index in [0.29, 0.717) is 29.9 Å². The molecule has 1 saturated heterocycles. The van der Waals surface area contributed by atoms with Gasteiger partial charge in [-0.05, 0) is 49.2 Å². The molecule has 2 aliphatic rings. The molecule has 3 amide bonds. The molecule has 35 heavy (non-hydrogen) atoms. The first kappa shape index (κ1) is 23.1. The summed E-state index contributed by atoms with van der Waals surface area (Å²) < 4.78 is 13.6. The lowest BCUT2D eigenvalue weighted by molar-refractivity contribution is -0.125. The van der Waals surface area contributed by atoms with Gasteiger partial charge < -0.3 is 5.32 Å². The maximum atomic E-state index is 14.0. The van der Waals surface area contributed by atoms with Crippen LogP contribution < -0.4 is 15.1 Å². The summed E-state index contributed by atoms with van der Waals surface area (Å²) in [5, 5.41) is 2.90. The predicted octanol–water partition coefficient (Wildman–Crippen LogP) is 3.77. The number of anilines is 2. The van der Waals surface area contributed by atoms with Crippen LogP contribution in [0, 0.1) is 12.7 Å². The average molecular weight is 490 g/mol. The maximum absolute atomic E-state index is 14.0. The van der Waals surface area contributed by atoms with E-state index in [-0.39, 0.29) is 30.0 Å². The monoisotopic (exact) mass is 489 g/mol. The van der Waals surface area contributed by atoms with Crippen molar-refractivity contribution in [3.63, 3.8) is 0 Å². The molecule has 1 fully saturated rings. The molecule has 1 spiro atoms. The Hall–Kier alpha value is -3.65. The van der Waals surface area contributed by atoms with E-state index in [9.17, 15) is 18.8 Å². The van der Waals surface area contributed by atoms with Crippen LogP contribution in [-0.4, -0.2) is 36.6 Å². The molecule has 5 rings (SSSR count). The normalized spacial score (nSPS) is 18.9. The molecule has 0 aliphatic carbocycles. The molecule has 1 N–H and O–H groups in total. The van der Waals surface area contributed by atoms with E-state index in [1.165, 1.54) is 45.8 Å². The fourth-order valence-electron chi connectivity index (χ4n) is 4.65. The third-order valence-corrected chi connectivity index (χ3v) is 7.66. The van der Waals surface area contributed by atoms with Gasteiger partial charge in [0.1, 0.15) is 12.4 Å². The zero-order valence-corrected chi connectivity index (χ0v) is 20.0. The van der Waals surface area contributed by atoms with Gasteiger partial charge in [0.2, 0.25) is 16.7 Å². The lowest BCUT2D eigenvalue weighted by atomic mass is 10.0. The number of amides is 3. The van der Waals surface area contributed by atoms with Crippen LogP contribution in [0.3, 0.4) is 0 Å². The molecular formula is C27H24FN3O3S. The summed E-state index contributed by atoms with van der Waals surface area (Å²) in [7, 11) is 0. The van der Waals surface area contributed by atoms with Gasteiger partial charge in [-0.1, -0.05) is 48.0 Å². The highest BCUT2D eigenvalue weighted by molar-refractivity contribution is 8.02. The molecule has 8 heteroatoms. The number of fused-ring (bicyclic) bond motifs is 2. The van der Waals surface area contributed by atoms with Gasteiger partial charge in [-0.3, -0.25) is 24.2 Å². The van der Waals surface area contributed by atoms with Gasteiger partial charge in [0.15, 0.2) is 0 Å². The molecule has 0 saturated carbocycles. The first-order valence-corrected chi connectivity index (χ1v) is 12.3. The Morgan fingerprint density at radius 3 is 2.54 bits per heavy atom. The van der Waals surface area contributed by atoms with E-state index in [1.807, 2.05) is 55.5 Å². The molecule has 1 atom stereocenters. The largest absolute Gasteiger partial charge is 0.354 e. The fraction of sp³-hybridized carbons (Fsp3) is 0.222. The van der Waals surface area contributed by atoms with Gasteiger partial charge in [0, 0.05) is 17.8 Å². The number of rotatable bonds is 6. The second-order valence-electron chi connectivity index (χ2n) is 8.64. The van der Waals surface area contributed by atoms with Crippen molar-refractivity contribution in [1.29, 1.82) is 0 Å². The highest BCUT2D eigenvalue weighted by atomic mass is 32.2. The minimum Gasteiger partial charge on any atom is -0.354 e. The molecule has 3 aromatic rings. The van der Waals surface area contributed by atoms with Crippen molar-refractivity contribution in [3.05, 3.63) is 95.3 Å². The van der Waals surface area contributed by atoms with Gasteiger partial charge in [-0.15, -0.1) is 11.8 Å². The van der Waals surface area contributed by atoms with Crippen LogP contribution in [0.1, 0.15) is 16.7 Å². The molecule has 2 heterocycles. The van der Waals surface area contributed by atoms with Crippen LogP contribution in [-0.2, 0) is 25.7 Å². The number of nitrogens with zero attached hydrogens (tertiary/aromatic N) is 2. The number of nitrogens with one attached hydrogen (secondary N) is 1. The first-order valence-electron chi connectivity index (χ1n) is 11.4. The van der Waals surface area contributed by atoms with Crippen molar-refractivity contribution in [1.82, 2.24) is 5.32 Å². The molecule has 0 bridgehead atoms. The summed E-state index contributed by atoms with van der Waals surface area (Å²) in [5.74, 6) is -1.19. The second kappa shape index (κ2) is 9.19. The Labute approximate surface area is 207 Å². The molecule has 3 aromatic carbocycles. The SMILES string of the molecule is Cc1ccc2c(c1)C1(SCC(=O)N1c1ccc(F)cc1)C(=O)N2CC(=O)NCCc1ccccc1. The summed E-state index contributed by atoms with van der Waals surface area (Å²) >= 11 is 1.23. The number of hydrogen-bond donors (Lipinski definition) is 1. The van der Waals surface area contributed by atoms with Crippen LogP contribution in [0.15, 0.2) is 72.8 Å². The Bertz CT molecular complexity index is 1300.